The SMILES string of the molecule is Cc1c(OCc2ccc(F)cc2)c(Br)c(=O)n(-c2ccnc(-c3ccnc(C(C)C)n3)c2)c1C. The van der Waals surface area contributed by atoms with Crippen LogP contribution in [0.5, 0.6) is 5.75 Å². The van der Waals surface area contributed by atoms with E-state index in [1.54, 1.807) is 41.2 Å². The second-order valence-electron chi connectivity index (χ2n) is 8.26. The predicted octanol–water partition coefficient (Wildman–Crippen LogP) is 5.91. The summed E-state index contributed by atoms with van der Waals surface area (Å²) in [5.41, 5.74) is 4.13. The molecule has 0 fully saturated rings. The van der Waals surface area contributed by atoms with Crippen molar-refractivity contribution < 1.29 is 9.13 Å². The Morgan fingerprint density at radius 2 is 1.74 bits per heavy atom. The molecule has 0 unspecified atom stereocenters. The predicted molar refractivity (Wildman–Crippen MR) is 133 cm³/mol. The van der Waals surface area contributed by atoms with E-state index < -0.39 is 0 Å². The smallest absolute Gasteiger partial charge is 0.273 e. The Labute approximate surface area is 205 Å². The number of ether oxygens (including phenoxy) is 1. The average molecular weight is 523 g/mol. The first-order valence-corrected chi connectivity index (χ1v) is 11.6. The minimum absolute atomic E-state index is 0.189. The van der Waals surface area contributed by atoms with Crippen LogP contribution in [0.3, 0.4) is 0 Å². The van der Waals surface area contributed by atoms with Gasteiger partial charge in [0.1, 0.15) is 28.5 Å². The summed E-state index contributed by atoms with van der Waals surface area (Å²) in [5, 5.41) is 0. The van der Waals surface area contributed by atoms with E-state index in [1.807, 2.05) is 33.8 Å². The molecule has 0 aliphatic heterocycles. The summed E-state index contributed by atoms with van der Waals surface area (Å²) in [5.74, 6) is 1.08. The van der Waals surface area contributed by atoms with E-state index >= 15 is 0 Å². The van der Waals surface area contributed by atoms with Crippen molar-refractivity contribution >= 4 is 15.9 Å². The highest BCUT2D eigenvalue weighted by Gasteiger charge is 2.19. The first kappa shape index (κ1) is 23.8. The molecule has 0 amide bonds. The largest absolute Gasteiger partial charge is 0.487 e. The van der Waals surface area contributed by atoms with E-state index in [0.717, 1.165) is 22.6 Å². The van der Waals surface area contributed by atoms with Gasteiger partial charge in [0.2, 0.25) is 0 Å². The van der Waals surface area contributed by atoms with Crippen molar-refractivity contribution in [2.75, 3.05) is 0 Å². The van der Waals surface area contributed by atoms with E-state index in [2.05, 4.69) is 30.9 Å². The van der Waals surface area contributed by atoms with Crippen LogP contribution in [0.1, 0.15) is 42.4 Å². The van der Waals surface area contributed by atoms with Crippen molar-refractivity contribution in [3.05, 3.63) is 98.1 Å². The summed E-state index contributed by atoms with van der Waals surface area (Å²) in [6, 6.07) is 11.5. The Kier molecular flexibility index (Phi) is 6.88. The molecule has 0 saturated heterocycles. The van der Waals surface area contributed by atoms with Crippen LogP contribution >= 0.6 is 15.9 Å². The fourth-order valence-corrected chi connectivity index (χ4v) is 4.15. The molecule has 0 aliphatic carbocycles. The molecule has 0 N–H and O–H groups in total. The topological polar surface area (TPSA) is 69.9 Å². The molecule has 0 spiro atoms. The van der Waals surface area contributed by atoms with Crippen molar-refractivity contribution in [3.63, 3.8) is 0 Å². The minimum atomic E-state index is -0.307. The van der Waals surface area contributed by atoms with Gasteiger partial charge in [-0.2, -0.15) is 0 Å². The summed E-state index contributed by atoms with van der Waals surface area (Å²) in [6.07, 6.45) is 3.38. The van der Waals surface area contributed by atoms with Gasteiger partial charge in [0.25, 0.3) is 5.56 Å². The number of pyridine rings is 2. The molecule has 4 rings (SSSR count). The highest BCUT2D eigenvalue weighted by atomic mass is 79.9. The third-order valence-electron chi connectivity index (χ3n) is 5.56. The molecule has 34 heavy (non-hydrogen) atoms. The molecule has 6 nitrogen and oxygen atoms in total. The lowest BCUT2D eigenvalue weighted by atomic mass is 10.1. The zero-order valence-corrected chi connectivity index (χ0v) is 20.9. The molecule has 0 aliphatic rings. The standard InChI is InChI=1S/C26H24BrFN4O2/c1-15(2)25-30-12-10-21(31-25)22-13-20(9-11-29-22)32-17(4)16(3)24(23(27)26(32)33)34-14-18-5-7-19(28)8-6-18/h5-13,15H,14H2,1-4H3. The van der Waals surface area contributed by atoms with Gasteiger partial charge in [-0.15, -0.1) is 0 Å². The van der Waals surface area contributed by atoms with Gasteiger partial charge in [-0.3, -0.25) is 14.3 Å². The third kappa shape index (κ3) is 4.77. The molecule has 174 valence electrons. The molecule has 3 aromatic heterocycles. The van der Waals surface area contributed by atoms with Crippen molar-refractivity contribution in [2.24, 2.45) is 0 Å². The molecule has 0 bridgehead atoms. The van der Waals surface area contributed by atoms with Crippen LogP contribution in [0.2, 0.25) is 0 Å². The number of rotatable bonds is 6. The van der Waals surface area contributed by atoms with Gasteiger partial charge in [0.05, 0.1) is 17.1 Å². The quantitative estimate of drug-likeness (QED) is 0.314. The van der Waals surface area contributed by atoms with E-state index in [9.17, 15) is 9.18 Å². The van der Waals surface area contributed by atoms with Crippen LogP contribution in [-0.4, -0.2) is 19.5 Å². The third-order valence-corrected chi connectivity index (χ3v) is 6.26. The van der Waals surface area contributed by atoms with Crippen LogP contribution in [0.15, 0.2) is 64.1 Å². The van der Waals surface area contributed by atoms with Crippen LogP contribution in [0, 0.1) is 19.7 Å². The molecule has 0 atom stereocenters. The first-order chi connectivity index (χ1) is 16.3. The second kappa shape index (κ2) is 9.85. The number of halogens is 2. The lowest BCUT2D eigenvalue weighted by Gasteiger charge is -2.18. The summed E-state index contributed by atoms with van der Waals surface area (Å²) in [4.78, 5) is 26.7. The molecular weight excluding hydrogens is 499 g/mol. The molecular formula is C26H24BrFN4O2. The maximum atomic E-state index is 13.4. The van der Waals surface area contributed by atoms with Crippen molar-refractivity contribution in [1.29, 1.82) is 0 Å². The molecule has 8 heteroatoms. The molecule has 4 aromatic rings. The van der Waals surface area contributed by atoms with E-state index in [-0.39, 0.29) is 23.9 Å². The Bertz CT molecular complexity index is 1400. The second-order valence-corrected chi connectivity index (χ2v) is 9.06. The highest BCUT2D eigenvalue weighted by Crippen LogP contribution is 2.30. The highest BCUT2D eigenvalue weighted by molar-refractivity contribution is 9.10. The Balaban J connectivity index is 1.72. The Hall–Kier alpha value is -3.39. The number of aromatic nitrogens is 4. The Morgan fingerprint density at radius 3 is 2.44 bits per heavy atom. The minimum Gasteiger partial charge on any atom is -0.487 e. The fourth-order valence-electron chi connectivity index (χ4n) is 3.56. The van der Waals surface area contributed by atoms with Gasteiger partial charge in [0, 0.05) is 29.6 Å². The molecule has 0 radical (unpaired) electrons. The van der Waals surface area contributed by atoms with Gasteiger partial charge in [-0.1, -0.05) is 26.0 Å². The van der Waals surface area contributed by atoms with Gasteiger partial charge in [0.15, 0.2) is 0 Å². The molecule has 1 aromatic carbocycles. The van der Waals surface area contributed by atoms with Crippen molar-refractivity contribution in [3.8, 4) is 22.8 Å². The van der Waals surface area contributed by atoms with Crippen LogP contribution in [0.4, 0.5) is 4.39 Å². The normalized spacial score (nSPS) is 11.1. The summed E-state index contributed by atoms with van der Waals surface area (Å²) >= 11 is 3.43. The van der Waals surface area contributed by atoms with Crippen LogP contribution in [0.25, 0.3) is 17.1 Å². The van der Waals surface area contributed by atoms with Gasteiger partial charge < -0.3 is 4.74 Å². The fraction of sp³-hybridized carbons (Fsp3) is 0.231. The zero-order chi connectivity index (χ0) is 24.4. The van der Waals surface area contributed by atoms with Gasteiger partial charge in [-0.05, 0) is 65.7 Å². The summed E-state index contributed by atoms with van der Waals surface area (Å²) < 4.78 is 21.1. The maximum absolute atomic E-state index is 13.4. The maximum Gasteiger partial charge on any atom is 0.273 e. The monoisotopic (exact) mass is 522 g/mol. The van der Waals surface area contributed by atoms with Crippen molar-refractivity contribution in [2.45, 2.75) is 40.2 Å². The summed E-state index contributed by atoms with van der Waals surface area (Å²) in [6.45, 7) is 8.05. The van der Waals surface area contributed by atoms with E-state index in [4.69, 9.17) is 4.74 Å². The first-order valence-electron chi connectivity index (χ1n) is 10.8. The van der Waals surface area contributed by atoms with Crippen LogP contribution < -0.4 is 10.3 Å². The number of hydrogen-bond donors (Lipinski definition) is 0. The number of hydrogen-bond acceptors (Lipinski definition) is 5. The van der Waals surface area contributed by atoms with Gasteiger partial charge in [-0.25, -0.2) is 14.4 Å². The number of benzene rings is 1. The van der Waals surface area contributed by atoms with Crippen molar-refractivity contribution in [1.82, 2.24) is 19.5 Å². The Morgan fingerprint density at radius 1 is 1.03 bits per heavy atom. The molecule has 3 heterocycles. The average Bonchev–Trinajstić information content (AvgIpc) is 2.84. The van der Waals surface area contributed by atoms with Gasteiger partial charge >= 0.3 is 0 Å². The van der Waals surface area contributed by atoms with E-state index in [0.29, 0.717) is 27.3 Å². The lowest BCUT2D eigenvalue weighted by molar-refractivity contribution is 0.300. The van der Waals surface area contributed by atoms with Crippen LogP contribution in [-0.2, 0) is 6.61 Å². The molecule has 0 saturated carbocycles. The summed E-state index contributed by atoms with van der Waals surface area (Å²) in [7, 11) is 0. The zero-order valence-electron chi connectivity index (χ0n) is 19.3. The van der Waals surface area contributed by atoms with E-state index in [1.165, 1.54) is 12.1 Å². The lowest BCUT2D eigenvalue weighted by Crippen LogP contribution is -2.23. The number of nitrogens with zero attached hydrogens (tertiary/aromatic N) is 4.